The molecular formula is C13H13NO3. The molecule has 0 aromatic heterocycles. The van der Waals surface area contributed by atoms with Crippen LogP contribution in [-0.2, 0) is 14.3 Å². The van der Waals surface area contributed by atoms with Crippen LogP contribution in [0.3, 0.4) is 0 Å². The molecule has 1 aliphatic rings. The first-order chi connectivity index (χ1) is 8.22. The van der Waals surface area contributed by atoms with Gasteiger partial charge in [0.05, 0.1) is 24.3 Å². The fourth-order valence-electron chi connectivity index (χ4n) is 1.75. The smallest absolute Gasteiger partial charge is 0.336 e. The van der Waals surface area contributed by atoms with Crippen LogP contribution in [0, 0.1) is 0 Å². The molecule has 1 amide bonds. The topological polar surface area (TPSA) is 55.4 Å². The van der Waals surface area contributed by atoms with Crippen molar-refractivity contribution in [3.63, 3.8) is 0 Å². The van der Waals surface area contributed by atoms with Crippen LogP contribution in [0.4, 0.5) is 0 Å². The van der Waals surface area contributed by atoms with Gasteiger partial charge < -0.3 is 10.1 Å². The molecule has 88 valence electrons. The third kappa shape index (κ3) is 2.36. The summed E-state index contributed by atoms with van der Waals surface area (Å²) in [7, 11) is 0. The van der Waals surface area contributed by atoms with Crippen molar-refractivity contribution in [2.24, 2.45) is 0 Å². The Labute approximate surface area is 99.3 Å². The highest BCUT2D eigenvalue weighted by Crippen LogP contribution is 2.24. The fourth-order valence-corrected chi connectivity index (χ4v) is 1.75. The third-order valence-electron chi connectivity index (χ3n) is 2.49. The first-order valence-corrected chi connectivity index (χ1v) is 5.48. The quantitative estimate of drug-likeness (QED) is 0.802. The van der Waals surface area contributed by atoms with E-state index in [0.29, 0.717) is 17.9 Å². The van der Waals surface area contributed by atoms with Gasteiger partial charge in [-0.2, -0.15) is 0 Å². The zero-order chi connectivity index (χ0) is 12.3. The lowest BCUT2D eigenvalue weighted by molar-refractivity contribution is -0.139. The van der Waals surface area contributed by atoms with Gasteiger partial charge in [0.2, 0.25) is 5.91 Å². The lowest BCUT2D eigenvalue weighted by Crippen LogP contribution is -2.13. The normalized spacial score (nSPS) is 14.8. The summed E-state index contributed by atoms with van der Waals surface area (Å²) in [5.41, 5.74) is 1.79. The van der Waals surface area contributed by atoms with E-state index in [1.165, 1.54) is 0 Å². The van der Waals surface area contributed by atoms with Crippen molar-refractivity contribution in [1.82, 2.24) is 5.32 Å². The number of amides is 1. The Bertz CT molecular complexity index is 477. The second kappa shape index (κ2) is 4.82. The minimum Gasteiger partial charge on any atom is -0.463 e. The Hall–Kier alpha value is -2.10. The SMILES string of the molecule is CCOC(=O)C1=C(c2ccccc2)NC(=O)C1. The zero-order valence-corrected chi connectivity index (χ0v) is 9.53. The van der Waals surface area contributed by atoms with E-state index in [-0.39, 0.29) is 12.3 Å². The molecule has 2 rings (SSSR count). The number of carbonyl (C=O) groups excluding carboxylic acids is 2. The lowest BCUT2D eigenvalue weighted by atomic mass is 10.1. The highest BCUT2D eigenvalue weighted by atomic mass is 16.5. The Morgan fingerprint density at radius 3 is 2.71 bits per heavy atom. The molecule has 0 atom stereocenters. The molecule has 0 saturated carbocycles. The minimum absolute atomic E-state index is 0.0864. The molecule has 17 heavy (non-hydrogen) atoms. The van der Waals surface area contributed by atoms with Crippen LogP contribution in [-0.4, -0.2) is 18.5 Å². The Kier molecular flexibility index (Phi) is 3.23. The Morgan fingerprint density at radius 2 is 2.06 bits per heavy atom. The number of benzene rings is 1. The van der Waals surface area contributed by atoms with Crippen molar-refractivity contribution in [3.8, 4) is 0 Å². The van der Waals surface area contributed by atoms with Crippen LogP contribution in [0.2, 0.25) is 0 Å². The standard InChI is InChI=1S/C13H13NO3/c1-2-17-13(16)10-8-11(15)14-12(10)9-6-4-3-5-7-9/h3-7H,2,8H2,1H3,(H,14,15). The van der Waals surface area contributed by atoms with E-state index in [0.717, 1.165) is 5.56 Å². The van der Waals surface area contributed by atoms with Crippen LogP contribution >= 0.6 is 0 Å². The Balaban J connectivity index is 2.37. The van der Waals surface area contributed by atoms with E-state index in [9.17, 15) is 9.59 Å². The first kappa shape index (κ1) is 11.4. The second-order valence-corrected chi connectivity index (χ2v) is 3.67. The summed E-state index contributed by atoms with van der Waals surface area (Å²) >= 11 is 0. The van der Waals surface area contributed by atoms with Gasteiger partial charge in [0.25, 0.3) is 0 Å². The molecule has 0 saturated heterocycles. The van der Waals surface area contributed by atoms with E-state index in [1.807, 2.05) is 30.3 Å². The molecule has 1 N–H and O–H groups in total. The molecule has 1 heterocycles. The summed E-state index contributed by atoms with van der Waals surface area (Å²) in [6, 6.07) is 9.29. The van der Waals surface area contributed by atoms with E-state index in [2.05, 4.69) is 5.32 Å². The predicted molar refractivity (Wildman–Crippen MR) is 62.8 cm³/mol. The van der Waals surface area contributed by atoms with Crippen molar-refractivity contribution in [3.05, 3.63) is 41.5 Å². The van der Waals surface area contributed by atoms with Gasteiger partial charge in [-0.05, 0) is 12.5 Å². The molecule has 0 bridgehead atoms. The molecular weight excluding hydrogens is 218 g/mol. The number of hydrogen-bond acceptors (Lipinski definition) is 3. The van der Waals surface area contributed by atoms with E-state index < -0.39 is 5.97 Å². The van der Waals surface area contributed by atoms with E-state index in [1.54, 1.807) is 6.92 Å². The average Bonchev–Trinajstić information content (AvgIpc) is 2.73. The van der Waals surface area contributed by atoms with Crippen molar-refractivity contribution >= 4 is 17.6 Å². The number of carbonyl (C=O) groups is 2. The van der Waals surface area contributed by atoms with Crippen LogP contribution in [0.5, 0.6) is 0 Å². The van der Waals surface area contributed by atoms with Crippen molar-refractivity contribution in [2.45, 2.75) is 13.3 Å². The largest absolute Gasteiger partial charge is 0.463 e. The molecule has 1 aliphatic heterocycles. The average molecular weight is 231 g/mol. The van der Waals surface area contributed by atoms with Crippen molar-refractivity contribution in [2.75, 3.05) is 6.61 Å². The van der Waals surface area contributed by atoms with Gasteiger partial charge in [-0.15, -0.1) is 0 Å². The molecule has 4 nitrogen and oxygen atoms in total. The van der Waals surface area contributed by atoms with Gasteiger partial charge in [0, 0.05) is 0 Å². The Morgan fingerprint density at radius 1 is 1.35 bits per heavy atom. The first-order valence-electron chi connectivity index (χ1n) is 5.48. The molecule has 0 radical (unpaired) electrons. The van der Waals surface area contributed by atoms with Crippen LogP contribution in [0.1, 0.15) is 18.9 Å². The van der Waals surface area contributed by atoms with Crippen LogP contribution in [0.15, 0.2) is 35.9 Å². The monoisotopic (exact) mass is 231 g/mol. The highest BCUT2D eigenvalue weighted by Gasteiger charge is 2.27. The lowest BCUT2D eigenvalue weighted by Gasteiger charge is -2.06. The summed E-state index contributed by atoms with van der Waals surface area (Å²) in [6.45, 7) is 2.05. The summed E-state index contributed by atoms with van der Waals surface area (Å²) in [4.78, 5) is 23.1. The molecule has 4 heteroatoms. The number of hydrogen-bond donors (Lipinski definition) is 1. The van der Waals surface area contributed by atoms with E-state index >= 15 is 0 Å². The molecule has 0 unspecified atom stereocenters. The predicted octanol–water partition coefficient (Wildman–Crippen LogP) is 1.48. The second-order valence-electron chi connectivity index (χ2n) is 3.67. The maximum atomic E-state index is 11.7. The van der Waals surface area contributed by atoms with Crippen molar-refractivity contribution in [1.29, 1.82) is 0 Å². The molecule has 1 aromatic rings. The van der Waals surface area contributed by atoms with Crippen LogP contribution in [0.25, 0.3) is 5.70 Å². The van der Waals surface area contributed by atoms with Gasteiger partial charge in [0.1, 0.15) is 0 Å². The summed E-state index contributed by atoms with van der Waals surface area (Å²) in [6.07, 6.45) is 0.0864. The maximum absolute atomic E-state index is 11.7. The van der Waals surface area contributed by atoms with Gasteiger partial charge in [-0.3, -0.25) is 4.79 Å². The molecule has 0 fully saturated rings. The molecule has 0 aliphatic carbocycles. The molecule has 0 spiro atoms. The fraction of sp³-hybridized carbons (Fsp3) is 0.231. The molecule has 1 aromatic carbocycles. The maximum Gasteiger partial charge on any atom is 0.336 e. The summed E-state index contributed by atoms with van der Waals surface area (Å²) in [5.74, 6) is -0.600. The summed E-state index contributed by atoms with van der Waals surface area (Å²) in [5, 5.41) is 2.70. The number of ether oxygens (including phenoxy) is 1. The van der Waals surface area contributed by atoms with Crippen molar-refractivity contribution < 1.29 is 14.3 Å². The highest BCUT2D eigenvalue weighted by molar-refractivity contribution is 6.09. The van der Waals surface area contributed by atoms with Gasteiger partial charge in [0.15, 0.2) is 0 Å². The zero-order valence-electron chi connectivity index (χ0n) is 9.53. The van der Waals surface area contributed by atoms with Gasteiger partial charge in [-0.25, -0.2) is 4.79 Å². The number of nitrogens with one attached hydrogen (secondary N) is 1. The number of rotatable bonds is 3. The summed E-state index contributed by atoms with van der Waals surface area (Å²) < 4.78 is 4.94. The minimum atomic E-state index is -0.426. The third-order valence-corrected chi connectivity index (χ3v) is 2.49. The van der Waals surface area contributed by atoms with Crippen LogP contribution < -0.4 is 5.32 Å². The van der Waals surface area contributed by atoms with Gasteiger partial charge >= 0.3 is 5.97 Å². The van der Waals surface area contributed by atoms with E-state index in [4.69, 9.17) is 4.74 Å². The van der Waals surface area contributed by atoms with Gasteiger partial charge in [-0.1, -0.05) is 30.3 Å². The number of esters is 1.